The molecule has 9 nitrogen and oxygen atoms in total. The number of hydrogen-bond acceptors (Lipinski definition) is 7. The maximum atomic E-state index is 12.4. The van der Waals surface area contributed by atoms with E-state index in [4.69, 9.17) is 19.2 Å². The molecule has 3 heterocycles. The first-order valence-corrected chi connectivity index (χ1v) is 16.1. The van der Waals surface area contributed by atoms with Gasteiger partial charge < -0.3 is 29.2 Å². The molecule has 0 amide bonds. The third-order valence-electron chi connectivity index (χ3n) is 7.80. The Morgan fingerprint density at radius 1 is 0.977 bits per heavy atom. The third kappa shape index (κ3) is 14.1. The molecule has 2 aromatic rings. The van der Waals surface area contributed by atoms with Crippen LogP contribution in [-0.2, 0) is 38.4 Å². The molecule has 0 spiro atoms. The first kappa shape index (κ1) is 34.7. The SMILES string of the molecule is CC(C)(C)CCOCCOCCOCCn1cc([C@H](CCCCCCc2ccc3c(n2)NCCC3)CC(=O)O)ccc1=O. The molecule has 1 aliphatic rings. The van der Waals surface area contributed by atoms with Crippen LogP contribution in [0.3, 0.4) is 0 Å². The van der Waals surface area contributed by atoms with Gasteiger partial charge in [0, 0.05) is 37.7 Å². The van der Waals surface area contributed by atoms with Crippen molar-refractivity contribution in [3.63, 3.8) is 0 Å². The maximum absolute atomic E-state index is 12.4. The van der Waals surface area contributed by atoms with Crippen LogP contribution in [0.1, 0.15) is 94.9 Å². The lowest BCUT2D eigenvalue weighted by molar-refractivity contribution is -0.137. The molecule has 43 heavy (non-hydrogen) atoms. The molecule has 0 unspecified atom stereocenters. The van der Waals surface area contributed by atoms with Crippen LogP contribution in [0.5, 0.6) is 0 Å². The number of nitrogens with one attached hydrogen (secondary N) is 1. The van der Waals surface area contributed by atoms with Crippen LogP contribution in [0.2, 0.25) is 0 Å². The van der Waals surface area contributed by atoms with E-state index in [-0.39, 0.29) is 23.3 Å². The number of carboxylic acids is 1. The zero-order valence-electron chi connectivity index (χ0n) is 26.6. The monoisotopic (exact) mass is 599 g/mol. The molecule has 2 N–H and O–H groups in total. The highest BCUT2D eigenvalue weighted by Gasteiger charge is 2.17. The van der Waals surface area contributed by atoms with Crippen molar-refractivity contribution in [2.75, 3.05) is 51.5 Å². The van der Waals surface area contributed by atoms with E-state index in [2.05, 4.69) is 38.2 Å². The van der Waals surface area contributed by atoms with E-state index in [9.17, 15) is 14.7 Å². The van der Waals surface area contributed by atoms with Gasteiger partial charge in [0.2, 0.25) is 0 Å². The van der Waals surface area contributed by atoms with Crippen molar-refractivity contribution in [1.82, 2.24) is 9.55 Å². The lowest BCUT2D eigenvalue weighted by atomic mass is 9.91. The highest BCUT2D eigenvalue weighted by atomic mass is 16.5. The Hall–Kier alpha value is -2.75. The summed E-state index contributed by atoms with van der Waals surface area (Å²) in [5.74, 6) is 0.0982. The Morgan fingerprint density at radius 2 is 1.70 bits per heavy atom. The van der Waals surface area contributed by atoms with Gasteiger partial charge in [-0.05, 0) is 67.1 Å². The minimum absolute atomic E-state index is 0.0536. The summed E-state index contributed by atoms with van der Waals surface area (Å²) < 4.78 is 18.4. The van der Waals surface area contributed by atoms with E-state index >= 15 is 0 Å². The van der Waals surface area contributed by atoms with Gasteiger partial charge in [-0.15, -0.1) is 0 Å². The number of rotatable bonds is 21. The number of anilines is 1. The number of nitrogens with zero attached hydrogens (tertiary/aromatic N) is 2. The predicted molar refractivity (Wildman–Crippen MR) is 170 cm³/mol. The van der Waals surface area contributed by atoms with E-state index in [0.717, 1.165) is 88.0 Å². The second kappa shape index (κ2) is 18.8. The molecule has 0 aromatic carbocycles. The molecule has 0 aliphatic carbocycles. The van der Waals surface area contributed by atoms with Gasteiger partial charge in [-0.25, -0.2) is 4.98 Å². The topological polar surface area (TPSA) is 112 Å². The van der Waals surface area contributed by atoms with Crippen molar-refractivity contribution >= 4 is 11.8 Å². The standard InChI is InChI=1S/C34H53N3O6/c1-34(2,3)16-19-41-21-23-43-24-22-42-20-18-37-26-29(13-15-31(37)38)28(25-32(39)40)9-6-4-5-7-11-30-14-12-27-10-8-17-35-33(27)36-30/h12-15,26,28H,4-11,16-25H2,1-3H3,(H,35,36)(H,39,40)/t28-/m1/s1. The van der Waals surface area contributed by atoms with Crippen LogP contribution < -0.4 is 10.9 Å². The molecule has 9 heteroatoms. The van der Waals surface area contributed by atoms with Crippen molar-refractivity contribution in [3.8, 4) is 0 Å². The minimum Gasteiger partial charge on any atom is -0.481 e. The first-order valence-electron chi connectivity index (χ1n) is 16.1. The van der Waals surface area contributed by atoms with Crippen LogP contribution >= 0.6 is 0 Å². The Balaban J connectivity index is 1.33. The van der Waals surface area contributed by atoms with Crippen LogP contribution in [0, 0.1) is 5.41 Å². The highest BCUT2D eigenvalue weighted by molar-refractivity contribution is 5.68. The summed E-state index contributed by atoms with van der Waals surface area (Å²) in [5.41, 5.74) is 3.49. The van der Waals surface area contributed by atoms with Gasteiger partial charge in [-0.3, -0.25) is 9.59 Å². The second-order valence-corrected chi connectivity index (χ2v) is 12.7. The van der Waals surface area contributed by atoms with E-state index in [0.29, 0.717) is 39.6 Å². The molecule has 0 bridgehead atoms. The number of carbonyl (C=O) groups is 1. The molecule has 1 atom stereocenters. The minimum atomic E-state index is -0.822. The molecule has 1 aliphatic heterocycles. The zero-order chi connectivity index (χ0) is 30.9. The Kier molecular flexibility index (Phi) is 15.2. The van der Waals surface area contributed by atoms with Gasteiger partial charge in [0.15, 0.2) is 0 Å². The number of aromatic nitrogens is 2. The Labute approximate surface area is 257 Å². The number of carboxylic acid groups (broad SMARTS) is 1. The lowest BCUT2D eigenvalue weighted by Crippen LogP contribution is -2.23. The number of aliphatic carboxylic acids is 1. The highest BCUT2D eigenvalue weighted by Crippen LogP contribution is 2.26. The summed E-state index contributed by atoms with van der Waals surface area (Å²) >= 11 is 0. The fourth-order valence-electron chi connectivity index (χ4n) is 5.21. The number of fused-ring (bicyclic) bond motifs is 1. The van der Waals surface area contributed by atoms with Crippen molar-refractivity contribution < 1.29 is 24.1 Å². The second-order valence-electron chi connectivity index (χ2n) is 12.7. The number of unbranched alkanes of at least 4 members (excludes halogenated alkanes) is 3. The maximum Gasteiger partial charge on any atom is 0.303 e. The molecule has 2 aromatic heterocycles. The average Bonchev–Trinajstić information content (AvgIpc) is 2.97. The number of aryl methyl sites for hydroxylation is 2. The van der Waals surface area contributed by atoms with E-state index < -0.39 is 5.97 Å². The van der Waals surface area contributed by atoms with Gasteiger partial charge in [0.25, 0.3) is 5.56 Å². The summed E-state index contributed by atoms with van der Waals surface area (Å²) in [6, 6.07) is 7.66. The summed E-state index contributed by atoms with van der Waals surface area (Å²) in [4.78, 5) is 28.8. The molecular weight excluding hydrogens is 546 g/mol. The van der Waals surface area contributed by atoms with Gasteiger partial charge >= 0.3 is 5.97 Å². The number of pyridine rings is 2. The van der Waals surface area contributed by atoms with Gasteiger partial charge in [-0.1, -0.05) is 52.2 Å². The van der Waals surface area contributed by atoms with Gasteiger partial charge in [0.1, 0.15) is 5.82 Å². The predicted octanol–water partition coefficient (Wildman–Crippen LogP) is 5.84. The summed E-state index contributed by atoms with van der Waals surface area (Å²) in [6.07, 6.45) is 11.0. The van der Waals surface area contributed by atoms with Crippen molar-refractivity contribution in [2.24, 2.45) is 5.41 Å². The fourth-order valence-corrected chi connectivity index (χ4v) is 5.21. The largest absolute Gasteiger partial charge is 0.481 e. The molecular formula is C34H53N3O6. The summed E-state index contributed by atoms with van der Waals surface area (Å²) in [6.45, 7) is 11.1. The smallest absolute Gasteiger partial charge is 0.303 e. The van der Waals surface area contributed by atoms with Gasteiger partial charge in [-0.2, -0.15) is 0 Å². The Bertz CT molecular complexity index is 1160. The molecule has 3 rings (SSSR count). The normalized spacial score (nSPS) is 13.8. The third-order valence-corrected chi connectivity index (χ3v) is 7.80. The van der Waals surface area contributed by atoms with Crippen molar-refractivity contribution in [1.29, 1.82) is 0 Å². The van der Waals surface area contributed by atoms with Crippen LogP contribution in [0.25, 0.3) is 0 Å². The summed E-state index contributed by atoms with van der Waals surface area (Å²) in [5, 5.41) is 12.9. The van der Waals surface area contributed by atoms with Crippen LogP contribution in [0.4, 0.5) is 5.82 Å². The van der Waals surface area contributed by atoms with Crippen LogP contribution in [-0.4, -0.2) is 66.8 Å². The molecule has 0 radical (unpaired) electrons. The van der Waals surface area contributed by atoms with Crippen molar-refractivity contribution in [3.05, 3.63) is 57.6 Å². The number of ether oxygens (including phenoxy) is 3. The Morgan fingerprint density at radius 3 is 2.44 bits per heavy atom. The summed E-state index contributed by atoms with van der Waals surface area (Å²) in [7, 11) is 0. The lowest BCUT2D eigenvalue weighted by Gasteiger charge is -2.18. The average molecular weight is 600 g/mol. The molecule has 0 saturated heterocycles. The van der Waals surface area contributed by atoms with Gasteiger partial charge in [0.05, 0.1) is 39.5 Å². The number of hydrogen-bond donors (Lipinski definition) is 2. The quantitative estimate of drug-likeness (QED) is 0.172. The van der Waals surface area contributed by atoms with Crippen molar-refractivity contribution in [2.45, 2.75) is 97.4 Å². The zero-order valence-corrected chi connectivity index (χ0v) is 26.6. The first-order chi connectivity index (χ1) is 20.7. The molecule has 240 valence electrons. The van der Waals surface area contributed by atoms with Crippen LogP contribution in [0.15, 0.2) is 35.3 Å². The van der Waals surface area contributed by atoms with E-state index in [1.807, 2.05) is 0 Å². The van der Waals surface area contributed by atoms with E-state index in [1.165, 1.54) is 11.6 Å². The fraction of sp³-hybridized carbons (Fsp3) is 0.676. The van der Waals surface area contributed by atoms with E-state index in [1.54, 1.807) is 16.8 Å². The molecule has 0 fully saturated rings. The molecule has 0 saturated carbocycles.